The van der Waals surface area contributed by atoms with E-state index < -0.39 is 11.7 Å². The van der Waals surface area contributed by atoms with Gasteiger partial charge in [0.05, 0.1) is 11.1 Å². The van der Waals surface area contributed by atoms with E-state index in [1.54, 1.807) is 6.07 Å². The number of aryl methyl sites for hydroxylation is 1. The summed E-state index contributed by atoms with van der Waals surface area (Å²) >= 11 is 0. The van der Waals surface area contributed by atoms with Crippen molar-refractivity contribution in [1.82, 2.24) is 5.32 Å². The molecule has 5 nitrogen and oxygen atoms in total. The van der Waals surface area contributed by atoms with Gasteiger partial charge in [0.1, 0.15) is 24.0 Å². The highest BCUT2D eigenvalue weighted by atomic mass is 16.6. The molecule has 1 aromatic rings. The van der Waals surface area contributed by atoms with Gasteiger partial charge in [-0.2, -0.15) is 5.26 Å². The van der Waals surface area contributed by atoms with Crippen LogP contribution < -0.4 is 10.1 Å². The molecule has 1 N–H and O–H groups in total. The van der Waals surface area contributed by atoms with Crippen LogP contribution >= 0.6 is 0 Å². The molecule has 0 unspecified atom stereocenters. The van der Waals surface area contributed by atoms with Gasteiger partial charge in [-0.25, -0.2) is 4.79 Å². The van der Waals surface area contributed by atoms with Gasteiger partial charge in [0, 0.05) is 0 Å². The van der Waals surface area contributed by atoms with Gasteiger partial charge in [-0.3, -0.25) is 0 Å². The van der Waals surface area contributed by atoms with Crippen LogP contribution in [0.25, 0.3) is 0 Å². The van der Waals surface area contributed by atoms with Gasteiger partial charge in [-0.05, 0) is 58.2 Å². The number of nitriles is 1. The Hall–Kier alpha value is -2.22. The molecule has 5 heteroatoms. The van der Waals surface area contributed by atoms with Gasteiger partial charge in [-0.1, -0.05) is 6.07 Å². The summed E-state index contributed by atoms with van der Waals surface area (Å²) in [4.78, 5) is 11.9. The Morgan fingerprint density at radius 2 is 2.09 bits per heavy atom. The van der Waals surface area contributed by atoms with Gasteiger partial charge in [0.2, 0.25) is 0 Å². The van der Waals surface area contributed by atoms with Gasteiger partial charge in [0.15, 0.2) is 0 Å². The zero-order valence-corrected chi connectivity index (χ0v) is 13.5. The van der Waals surface area contributed by atoms with E-state index in [0.29, 0.717) is 17.9 Å². The highest BCUT2D eigenvalue weighted by molar-refractivity contribution is 5.69. The fourth-order valence-electron chi connectivity index (χ4n) is 2.03. The van der Waals surface area contributed by atoms with Crippen molar-refractivity contribution in [2.75, 3.05) is 6.61 Å². The maximum absolute atomic E-state index is 11.9. The Kier molecular flexibility index (Phi) is 4.32. The van der Waals surface area contributed by atoms with Crippen LogP contribution in [-0.2, 0) is 4.74 Å². The lowest BCUT2D eigenvalue weighted by Crippen LogP contribution is -2.44. The molecule has 0 atom stereocenters. The van der Waals surface area contributed by atoms with Crippen LogP contribution in [0.1, 0.15) is 44.7 Å². The number of carbonyl (C=O) groups excluding carboxylic acids is 1. The third-order valence-corrected chi connectivity index (χ3v) is 3.38. The van der Waals surface area contributed by atoms with E-state index in [1.807, 2.05) is 39.8 Å². The third-order valence-electron chi connectivity index (χ3n) is 3.38. The van der Waals surface area contributed by atoms with Crippen molar-refractivity contribution in [3.8, 4) is 11.8 Å². The number of hydrogen-bond donors (Lipinski definition) is 1. The van der Waals surface area contributed by atoms with Crippen molar-refractivity contribution in [1.29, 1.82) is 5.26 Å². The fraction of sp³-hybridized carbons (Fsp3) is 0.529. The van der Waals surface area contributed by atoms with Crippen molar-refractivity contribution in [2.45, 2.75) is 51.7 Å². The summed E-state index contributed by atoms with van der Waals surface area (Å²) < 4.78 is 11.0. The van der Waals surface area contributed by atoms with Crippen LogP contribution in [0.2, 0.25) is 0 Å². The van der Waals surface area contributed by atoms with E-state index in [9.17, 15) is 4.79 Å². The van der Waals surface area contributed by atoms with E-state index in [-0.39, 0.29) is 5.54 Å². The molecule has 0 saturated heterocycles. The Morgan fingerprint density at radius 1 is 1.41 bits per heavy atom. The number of ether oxygens (including phenoxy) is 2. The normalized spacial score (nSPS) is 15.6. The number of alkyl carbamates (subject to hydrolysis) is 1. The summed E-state index contributed by atoms with van der Waals surface area (Å²) in [5.41, 5.74) is 0.627. The number of rotatable bonds is 4. The van der Waals surface area contributed by atoms with Crippen LogP contribution in [0, 0.1) is 18.3 Å². The van der Waals surface area contributed by atoms with Crippen LogP contribution in [0.4, 0.5) is 4.79 Å². The molecule has 0 radical (unpaired) electrons. The maximum Gasteiger partial charge on any atom is 0.408 e. The molecule has 1 amide bonds. The highest BCUT2D eigenvalue weighted by Gasteiger charge is 2.46. The molecule has 22 heavy (non-hydrogen) atoms. The van der Waals surface area contributed by atoms with Crippen molar-refractivity contribution < 1.29 is 14.3 Å². The van der Waals surface area contributed by atoms with Crippen LogP contribution in [0.3, 0.4) is 0 Å². The molecular formula is C17H22N2O3. The minimum Gasteiger partial charge on any atom is -0.490 e. The van der Waals surface area contributed by atoms with Gasteiger partial charge < -0.3 is 14.8 Å². The van der Waals surface area contributed by atoms with Crippen LogP contribution in [0.5, 0.6) is 5.75 Å². The lowest BCUT2D eigenvalue weighted by atomic mass is 10.1. The predicted octanol–water partition coefficient (Wildman–Crippen LogP) is 3.30. The van der Waals surface area contributed by atoms with E-state index in [0.717, 1.165) is 18.4 Å². The Labute approximate surface area is 131 Å². The monoisotopic (exact) mass is 302 g/mol. The lowest BCUT2D eigenvalue weighted by molar-refractivity contribution is 0.0477. The zero-order valence-electron chi connectivity index (χ0n) is 13.5. The van der Waals surface area contributed by atoms with Crippen molar-refractivity contribution in [3.05, 3.63) is 29.3 Å². The largest absolute Gasteiger partial charge is 0.490 e. The first-order valence-corrected chi connectivity index (χ1v) is 7.38. The molecule has 0 aromatic heterocycles. The predicted molar refractivity (Wildman–Crippen MR) is 82.7 cm³/mol. The van der Waals surface area contributed by atoms with Crippen molar-refractivity contribution in [3.63, 3.8) is 0 Å². The smallest absolute Gasteiger partial charge is 0.408 e. The Morgan fingerprint density at radius 3 is 2.64 bits per heavy atom. The molecule has 1 fully saturated rings. The highest BCUT2D eigenvalue weighted by Crippen LogP contribution is 2.36. The summed E-state index contributed by atoms with van der Waals surface area (Å²) in [5.74, 6) is 0.555. The zero-order chi connectivity index (χ0) is 16.4. The summed E-state index contributed by atoms with van der Waals surface area (Å²) in [6.45, 7) is 7.77. The second kappa shape index (κ2) is 5.88. The topological polar surface area (TPSA) is 71.3 Å². The second-order valence-electron chi connectivity index (χ2n) is 6.81. The third kappa shape index (κ3) is 4.39. The summed E-state index contributed by atoms with van der Waals surface area (Å²) in [6, 6.07) is 7.56. The van der Waals surface area contributed by atoms with Gasteiger partial charge in [-0.15, -0.1) is 0 Å². The Balaban J connectivity index is 1.96. The summed E-state index contributed by atoms with van der Waals surface area (Å²) in [7, 11) is 0. The molecule has 1 aliphatic carbocycles. The molecule has 1 aromatic carbocycles. The van der Waals surface area contributed by atoms with Crippen molar-refractivity contribution in [2.24, 2.45) is 0 Å². The average molecular weight is 302 g/mol. The molecule has 1 saturated carbocycles. The van der Waals surface area contributed by atoms with Gasteiger partial charge in [0.25, 0.3) is 0 Å². The number of amides is 1. The summed E-state index contributed by atoms with van der Waals surface area (Å²) in [6.07, 6.45) is 1.26. The standard InChI is InChI=1S/C17H22N2O3/c1-12-5-6-13(10-18)14(9-12)21-11-17(7-8-17)19-15(20)22-16(2,3)4/h5-6,9H,7-8,11H2,1-4H3,(H,19,20). The quantitative estimate of drug-likeness (QED) is 0.926. The second-order valence-corrected chi connectivity index (χ2v) is 6.81. The number of hydrogen-bond acceptors (Lipinski definition) is 4. The first-order chi connectivity index (χ1) is 10.2. The van der Waals surface area contributed by atoms with E-state index >= 15 is 0 Å². The number of benzene rings is 1. The summed E-state index contributed by atoms with van der Waals surface area (Å²) in [5, 5.41) is 12.0. The minimum absolute atomic E-state index is 0.338. The molecule has 2 rings (SSSR count). The molecule has 1 aliphatic rings. The Bertz CT molecular complexity index is 607. The van der Waals surface area contributed by atoms with E-state index in [1.165, 1.54) is 0 Å². The minimum atomic E-state index is -0.522. The molecule has 0 aliphatic heterocycles. The van der Waals surface area contributed by atoms with Crippen LogP contribution in [0.15, 0.2) is 18.2 Å². The molecular weight excluding hydrogens is 280 g/mol. The lowest BCUT2D eigenvalue weighted by Gasteiger charge is -2.23. The molecule has 0 heterocycles. The average Bonchev–Trinajstić information content (AvgIpc) is 3.14. The molecule has 0 spiro atoms. The first-order valence-electron chi connectivity index (χ1n) is 7.38. The molecule has 0 bridgehead atoms. The van der Waals surface area contributed by atoms with Gasteiger partial charge >= 0.3 is 6.09 Å². The first kappa shape index (κ1) is 16.2. The SMILES string of the molecule is Cc1ccc(C#N)c(OCC2(NC(=O)OC(C)(C)C)CC2)c1. The fourth-order valence-corrected chi connectivity index (χ4v) is 2.03. The maximum atomic E-state index is 11.9. The van der Waals surface area contributed by atoms with Crippen LogP contribution in [-0.4, -0.2) is 23.8 Å². The van der Waals surface area contributed by atoms with E-state index in [2.05, 4.69) is 11.4 Å². The van der Waals surface area contributed by atoms with Crippen molar-refractivity contribution >= 4 is 6.09 Å². The molecule has 118 valence electrons. The number of nitrogens with one attached hydrogen (secondary N) is 1. The van der Waals surface area contributed by atoms with E-state index in [4.69, 9.17) is 14.7 Å². The number of carbonyl (C=O) groups is 1. The number of nitrogens with zero attached hydrogens (tertiary/aromatic N) is 1.